The molecule has 18 heavy (non-hydrogen) atoms. The molecule has 0 spiro atoms. The number of rotatable bonds is 8. The highest BCUT2D eigenvalue weighted by molar-refractivity contribution is 7.89. The molecule has 1 heterocycles. The number of hydrogen-bond donors (Lipinski definition) is 2. The van der Waals surface area contributed by atoms with Crippen LogP contribution in [0.4, 0.5) is 0 Å². The van der Waals surface area contributed by atoms with Gasteiger partial charge in [-0.2, -0.15) is 0 Å². The molecule has 2 N–H and O–H groups in total. The molecule has 5 nitrogen and oxygen atoms in total. The fourth-order valence-corrected chi connectivity index (χ4v) is 3.46. The van der Waals surface area contributed by atoms with E-state index in [4.69, 9.17) is 4.74 Å². The van der Waals surface area contributed by atoms with Gasteiger partial charge in [-0.25, -0.2) is 13.1 Å². The van der Waals surface area contributed by atoms with E-state index in [1.54, 1.807) is 0 Å². The number of hydrogen-bond acceptors (Lipinski definition) is 4. The van der Waals surface area contributed by atoms with Crippen molar-refractivity contribution in [3.05, 3.63) is 0 Å². The number of ether oxygens (including phenoxy) is 1. The summed E-state index contributed by atoms with van der Waals surface area (Å²) >= 11 is 0. The van der Waals surface area contributed by atoms with Crippen molar-refractivity contribution in [3.63, 3.8) is 0 Å². The molecule has 1 aliphatic rings. The molecule has 0 bridgehead atoms. The lowest BCUT2D eigenvalue weighted by Gasteiger charge is -2.16. The van der Waals surface area contributed by atoms with E-state index >= 15 is 0 Å². The average molecular weight is 278 g/mol. The Balaban J connectivity index is 2.19. The van der Waals surface area contributed by atoms with E-state index in [0.29, 0.717) is 19.1 Å². The molecular formula is C12H26N2O3S. The topological polar surface area (TPSA) is 67.4 Å². The van der Waals surface area contributed by atoms with Crippen LogP contribution in [0.5, 0.6) is 0 Å². The summed E-state index contributed by atoms with van der Waals surface area (Å²) in [6.07, 6.45) is 2.34. The Labute approximate surface area is 111 Å². The minimum Gasteiger partial charge on any atom is -0.377 e. The second-order valence-corrected chi connectivity index (χ2v) is 7.10. The molecule has 1 saturated heterocycles. The Bertz CT molecular complexity index is 330. The van der Waals surface area contributed by atoms with Crippen LogP contribution in [0.2, 0.25) is 0 Å². The Hall–Kier alpha value is -0.170. The van der Waals surface area contributed by atoms with E-state index in [9.17, 15) is 8.42 Å². The van der Waals surface area contributed by atoms with Gasteiger partial charge in [0, 0.05) is 18.7 Å². The molecule has 6 heteroatoms. The molecule has 0 saturated carbocycles. The summed E-state index contributed by atoms with van der Waals surface area (Å²) in [5, 5.41) is 3.28. The Morgan fingerprint density at radius 3 is 2.61 bits per heavy atom. The molecule has 1 aliphatic heterocycles. The van der Waals surface area contributed by atoms with Gasteiger partial charge in [0.05, 0.1) is 11.9 Å². The number of unbranched alkanes of at least 4 members (excludes halogenated alkanes) is 1. The van der Waals surface area contributed by atoms with E-state index in [1.165, 1.54) is 0 Å². The molecule has 0 amide bonds. The van der Waals surface area contributed by atoms with Crippen molar-refractivity contribution in [2.75, 3.05) is 18.9 Å². The Morgan fingerprint density at radius 1 is 1.33 bits per heavy atom. The van der Waals surface area contributed by atoms with Gasteiger partial charge < -0.3 is 10.1 Å². The van der Waals surface area contributed by atoms with Crippen molar-refractivity contribution < 1.29 is 13.2 Å². The van der Waals surface area contributed by atoms with Crippen molar-refractivity contribution in [2.24, 2.45) is 0 Å². The number of nitrogens with one attached hydrogen (secondary N) is 2. The second-order valence-electron chi connectivity index (χ2n) is 5.22. The van der Waals surface area contributed by atoms with Crippen LogP contribution in [0.3, 0.4) is 0 Å². The van der Waals surface area contributed by atoms with E-state index in [2.05, 4.69) is 23.9 Å². The van der Waals surface area contributed by atoms with Crippen LogP contribution >= 0.6 is 0 Å². The maximum Gasteiger partial charge on any atom is 0.211 e. The smallest absolute Gasteiger partial charge is 0.211 e. The van der Waals surface area contributed by atoms with Gasteiger partial charge in [0.15, 0.2) is 0 Å². The lowest BCUT2D eigenvalue weighted by Crippen LogP contribution is -2.40. The third kappa shape index (κ3) is 6.13. The lowest BCUT2D eigenvalue weighted by atomic mass is 10.2. The third-order valence-electron chi connectivity index (χ3n) is 3.10. The first-order valence-corrected chi connectivity index (χ1v) is 8.41. The van der Waals surface area contributed by atoms with Crippen molar-refractivity contribution in [2.45, 2.75) is 58.2 Å². The molecule has 0 aromatic carbocycles. The van der Waals surface area contributed by atoms with E-state index in [0.717, 1.165) is 19.4 Å². The minimum absolute atomic E-state index is 0.0117. The first-order valence-electron chi connectivity index (χ1n) is 6.76. The van der Waals surface area contributed by atoms with Crippen LogP contribution in [-0.2, 0) is 14.8 Å². The highest BCUT2D eigenvalue weighted by Gasteiger charge is 2.27. The maximum atomic E-state index is 11.8. The van der Waals surface area contributed by atoms with Gasteiger partial charge in [-0.05, 0) is 32.7 Å². The fraction of sp³-hybridized carbons (Fsp3) is 1.00. The first-order chi connectivity index (χ1) is 8.41. The lowest BCUT2D eigenvalue weighted by molar-refractivity contribution is 0.117. The summed E-state index contributed by atoms with van der Waals surface area (Å²) in [5.41, 5.74) is 0. The van der Waals surface area contributed by atoms with Crippen LogP contribution in [0.15, 0.2) is 0 Å². The van der Waals surface area contributed by atoms with Crippen LogP contribution < -0.4 is 10.0 Å². The predicted octanol–water partition coefficient (Wildman–Crippen LogP) is 0.861. The van der Waals surface area contributed by atoms with E-state index < -0.39 is 10.0 Å². The highest BCUT2D eigenvalue weighted by atomic mass is 32.2. The van der Waals surface area contributed by atoms with Gasteiger partial charge in [-0.1, -0.05) is 13.8 Å². The van der Waals surface area contributed by atoms with Crippen LogP contribution in [-0.4, -0.2) is 45.5 Å². The molecule has 2 unspecified atom stereocenters. The minimum atomic E-state index is -3.16. The van der Waals surface area contributed by atoms with Crippen molar-refractivity contribution in [3.8, 4) is 0 Å². The summed E-state index contributed by atoms with van der Waals surface area (Å²) in [6, 6.07) is 0.403. The number of sulfonamides is 1. The standard InChI is InChI=1S/C12H26N2O3S/c1-10(2)13-7-4-5-9-18(15,16)14-12-6-8-17-11(12)3/h10-14H,4-9H2,1-3H3. The third-order valence-corrected chi connectivity index (χ3v) is 4.59. The summed E-state index contributed by atoms with van der Waals surface area (Å²) in [5.74, 6) is 0.204. The normalized spacial score (nSPS) is 24.9. The molecule has 0 aromatic heterocycles. The molecule has 108 valence electrons. The Morgan fingerprint density at radius 2 is 2.06 bits per heavy atom. The van der Waals surface area contributed by atoms with Crippen LogP contribution in [0, 0.1) is 0 Å². The summed E-state index contributed by atoms with van der Waals surface area (Å²) in [6.45, 7) is 7.59. The summed E-state index contributed by atoms with van der Waals surface area (Å²) < 4.78 is 31.8. The molecular weight excluding hydrogens is 252 g/mol. The summed E-state index contributed by atoms with van der Waals surface area (Å²) in [7, 11) is -3.16. The monoisotopic (exact) mass is 278 g/mol. The molecule has 1 fully saturated rings. The van der Waals surface area contributed by atoms with Gasteiger partial charge >= 0.3 is 0 Å². The largest absolute Gasteiger partial charge is 0.377 e. The molecule has 0 aromatic rings. The van der Waals surface area contributed by atoms with Gasteiger partial charge in [0.2, 0.25) is 10.0 Å². The van der Waals surface area contributed by atoms with Gasteiger partial charge in [-0.15, -0.1) is 0 Å². The molecule has 0 aliphatic carbocycles. The van der Waals surface area contributed by atoms with Crippen molar-refractivity contribution in [1.29, 1.82) is 0 Å². The summed E-state index contributed by atoms with van der Waals surface area (Å²) in [4.78, 5) is 0. The van der Waals surface area contributed by atoms with Gasteiger partial charge in [0.25, 0.3) is 0 Å². The maximum absolute atomic E-state index is 11.8. The quantitative estimate of drug-likeness (QED) is 0.646. The van der Waals surface area contributed by atoms with E-state index in [-0.39, 0.29) is 17.9 Å². The zero-order valence-electron chi connectivity index (χ0n) is 11.6. The van der Waals surface area contributed by atoms with Crippen molar-refractivity contribution >= 4 is 10.0 Å². The van der Waals surface area contributed by atoms with Crippen molar-refractivity contribution in [1.82, 2.24) is 10.0 Å². The van der Waals surface area contributed by atoms with Crippen LogP contribution in [0.1, 0.15) is 40.0 Å². The molecule has 2 atom stereocenters. The zero-order valence-corrected chi connectivity index (χ0v) is 12.4. The Kier molecular flexibility index (Phi) is 6.55. The average Bonchev–Trinajstić information content (AvgIpc) is 2.62. The highest BCUT2D eigenvalue weighted by Crippen LogP contribution is 2.13. The SMILES string of the molecule is CC(C)NCCCCS(=O)(=O)NC1CCOC1C. The molecule has 1 rings (SSSR count). The van der Waals surface area contributed by atoms with Crippen LogP contribution in [0.25, 0.3) is 0 Å². The molecule has 0 radical (unpaired) electrons. The first kappa shape index (κ1) is 15.9. The second kappa shape index (κ2) is 7.43. The zero-order chi connectivity index (χ0) is 13.6. The van der Waals surface area contributed by atoms with E-state index in [1.807, 2.05) is 6.92 Å². The van der Waals surface area contributed by atoms with Gasteiger partial charge in [0.1, 0.15) is 0 Å². The predicted molar refractivity (Wildman–Crippen MR) is 73.1 cm³/mol. The fourth-order valence-electron chi connectivity index (χ4n) is 1.98. The van der Waals surface area contributed by atoms with Gasteiger partial charge in [-0.3, -0.25) is 0 Å².